The summed E-state index contributed by atoms with van der Waals surface area (Å²) < 4.78 is 10.9. The Morgan fingerprint density at radius 1 is 0.475 bits per heavy atom. The number of hydrogen-bond acceptors (Lipinski definition) is 22. The number of amides is 5. The number of rotatable bonds is 10. The normalized spacial score (nSPS) is 13.4. The maximum atomic E-state index is 11.8. The van der Waals surface area contributed by atoms with E-state index in [0.717, 1.165) is 120 Å². The van der Waals surface area contributed by atoms with Crippen LogP contribution in [-0.4, -0.2) is 187 Å². The molecule has 36 heteroatoms. The highest BCUT2D eigenvalue weighted by molar-refractivity contribution is 9.11. The minimum absolute atomic E-state index is 0. The summed E-state index contributed by atoms with van der Waals surface area (Å²) in [6, 6.07) is 21.5. The van der Waals surface area contributed by atoms with E-state index in [0.29, 0.717) is 96.6 Å². The lowest BCUT2D eigenvalue weighted by atomic mass is 10.1. The first-order valence-corrected chi connectivity index (χ1v) is 41.8. The van der Waals surface area contributed by atoms with Crippen molar-refractivity contribution in [2.24, 2.45) is 0 Å². The van der Waals surface area contributed by atoms with Crippen LogP contribution in [0.25, 0.3) is 12.2 Å². The van der Waals surface area contributed by atoms with E-state index in [2.05, 4.69) is 183 Å². The molecule has 13 rings (SSSR count). The van der Waals surface area contributed by atoms with Gasteiger partial charge in [-0.25, -0.2) is 49.5 Å². The quantitative estimate of drug-likeness (QED) is 0.0220. The molecule has 1 saturated heterocycles. The molecule has 5 aliphatic heterocycles. The van der Waals surface area contributed by atoms with Crippen molar-refractivity contribution in [3.63, 3.8) is 0 Å². The summed E-state index contributed by atoms with van der Waals surface area (Å²) in [6.07, 6.45) is 22.0. The minimum atomic E-state index is -1.00. The van der Waals surface area contributed by atoms with Gasteiger partial charge in [0.1, 0.15) is 48.5 Å². The third kappa shape index (κ3) is 41.5. The molecule has 13 heterocycles. The Bertz CT molecular complexity index is 4630. The molecule has 5 amide bonds. The molecule has 0 radical (unpaired) electrons. The SMILES string of the molecule is BrCc1cccnc1Br.C.C.C.C.C.C.C.CN1Cc2cc(/C=C/C(=O)O)cnc2NCCC1=O.CN1Cc2cc(/C=C/C(=O)OC(C)(C)C)cnc2NCCC1=O.CN1Cc2cc(Br)cnc2NCCC1=O.CN1Cc2cccnc2NCCC1=O.CNCc1cc(Br)cnc1Br.CNCc1cc(Br)cnc1N1CCC1=O.Cc1cccnc1Br.Cl. The number of nitrogens with one attached hydrogen (secondary N) is 6. The molecule has 0 aliphatic carbocycles. The second-order valence-corrected chi connectivity index (χ2v) is 32.3. The summed E-state index contributed by atoms with van der Waals surface area (Å²) in [5.74, 6) is 3.33. The molecule has 5 aliphatic rings. The van der Waals surface area contributed by atoms with Crippen LogP contribution in [0.5, 0.6) is 0 Å². The summed E-state index contributed by atoms with van der Waals surface area (Å²) in [7, 11) is 11.0. The molecule has 0 unspecified atom stereocenters. The first-order valence-electron chi connectivity index (χ1n) is 35.9. The van der Waals surface area contributed by atoms with E-state index in [1.807, 2.05) is 123 Å². The Morgan fingerprint density at radius 2 is 0.861 bits per heavy atom. The number of carbonyl (C=O) groups excluding carboxylic acids is 6. The lowest BCUT2D eigenvalue weighted by molar-refractivity contribution is -0.148. The number of fused-ring (bicyclic) bond motifs is 4. The molecule has 8 aromatic rings. The third-order valence-electron chi connectivity index (χ3n) is 16.4. The highest BCUT2D eigenvalue weighted by Gasteiger charge is 2.28. The molecular formula is C86H123Br7ClN19O9. The molecule has 7 N–H and O–H groups in total. The van der Waals surface area contributed by atoms with E-state index >= 15 is 0 Å². The number of hydrogen-bond donors (Lipinski definition) is 7. The third-order valence-corrected chi connectivity index (χ3v) is 20.6. The number of nitrogens with zero attached hydrogens (tertiary/aromatic N) is 13. The number of carboxylic acids is 1. The molecule has 672 valence electrons. The Morgan fingerprint density at radius 3 is 1.27 bits per heavy atom. The second-order valence-electron chi connectivity index (χ2n) is 26.8. The fraction of sp³-hybridized carbons (Fsp3) is 0.407. The number of carbonyl (C=O) groups is 7. The maximum absolute atomic E-state index is 11.8. The highest BCUT2D eigenvalue weighted by atomic mass is 79.9. The number of carboxylic acid groups (broad SMARTS) is 1. The maximum Gasteiger partial charge on any atom is 0.331 e. The zero-order chi connectivity index (χ0) is 83.4. The number of β-lactam (4-membered cyclic amide) rings is 1. The zero-order valence-corrected chi connectivity index (χ0v) is 77.3. The molecule has 0 spiro atoms. The molecular weight excluding hydrogens is 2040 g/mol. The number of pyridine rings is 8. The van der Waals surface area contributed by atoms with E-state index in [9.17, 15) is 33.6 Å². The van der Waals surface area contributed by atoms with Gasteiger partial charge < -0.3 is 61.3 Å². The molecule has 1 fully saturated rings. The fourth-order valence-corrected chi connectivity index (χ4v) is 13.5. The number of ether oxygens (including phenoxy) is 1. The Labute approximate surface area is 787 Å². The predicted molar refractivity (Wildman–Crippen MR) is 524 cm³/mol. The topological polar surface area (TPSA) is 340 Å². The lowest BCUT2D eigenvalue weighted by Crippen LogP contribution is -2.44. The summed E-state index contributed by atoms with van der Waals surface area (Å²) >= 11 is 23.4. The van der Waals surface area contributed by atoms with Gasteiger partial charge in [0.05, 0.1) is 0 Å². The number of aromatic nitrogens is 8. The van der Waals surface area contributed by atoms with Gasteiger partial charge in [-0.15, -0.1) is 12.4 Å². The van der Waals surface area contributed by atoms with Crippen molar-refractivity contribution in [3.05, 3.63) is 211 Å². The van der Waals surface area contributed by atoms with E-state index in [4.69, 9.17) is 9.84 Å². The molecule has 0 aromatic carbocycles. The molecule has 8 aromatic heterocycles. The van der Waals surface area contributed by atoms with Crippen LogP contribution in [0.1, 0.15) is 160 Å². The largest absolute Gasteiger partial charge is 0.478 e. The summed E-state index contributed by atoms with van der Waals surface area (Å²) in [5.41, 5.74) is 9.44. The molecule has 0 saturated carbocycles. The first-order chi connectivity index (χ1) is 54.3. The lowest BCUT2D eigenvalue weighted by Gasteiger charge is -2.31. The van der Waals surface area contributed by atoms with Crippen LogP contribution >= 0.6 is 124 Å². The van der Waals surface area contributed by atoms with Crippen LogP contribution in [0, 0.1) is 6.92 Å². The Balaban J connectivity index is -0.00000134. The predicted octanol–water partition coefficient (Wildman–Crippen LogP) is 19.0. The van der Waals surface area contributed by atoms with E-state index < -0.39 is 17.5 Å². The number of alkyl halides is 1. The van der Waals surface area contributed by atoms with Gasteiger partial charge in [0.2, 0.25) is 29.5 Å². The van der Waals surface area contributed by atoms with Gasteiger partial charge >= 0.3 is 11.9 Å². The molecule has 28 nitrogen and oxygen atoms in total. The van der Waals surface area contributed by atoms with Gasteiger partial charge in [0, 0.05) is 241 Å². The van der Waals surface area contributed by atoms with Gasteiger partial charge in [-0.3, -0.25) is 28.9 Å². The van der Waals surface area contributed by atoms with Crippen LogP contribution in [0.2, 0.25) is 0 Å². The van der Waals surface area contributed by atoms with Crippen molar-refractivity contribution in [3.8, 4) is 0 Å². The van der Waals surface area contributed by atoms with E-state index in [1.54, 1.807) is 94.2 Å². The zero-order valence-electron chi connectivity index (χ0n) is 65.4. The number of halogens is 8. The van der Waals surface area contributed by atoms with Crippen LogP contribution < -0.4 is 36.8 Å². The Kier molecular flexibility index (Phi) is 59.1. The minimum Gasteiger partial charge on any atom is -0.478 e. The van der Waals surface area contributed by atoms with Crippen molar-refractivity contribution in [2.75, 3.05) is 101 Å². The number of anilines is 5. The van der Waals surface area contributed by atoms with Crippen molar-refractivity contribution in [1.29, 1.82) is 0 Å². The van der Waals surface area contributed by atoms with Crippen LogP contribution in [0.3, 0.4) is 0 Å². The van der Waals surface area contributed by atoms with Gasteiger partial charge in [0.15, 0.2) is 0 Å². The fourth-order valence-electron chi connectivity index (χ4n) is 10.6. The molecule has 122 heavy (non-hydrogen) atoms. The van der Waals surface area contributed by atoms with Crippen molar-refractivity contribution >= 4 is 207 Å². The first kappa shape index (κ1) is 118. The van der Waals surface area contributed by atoms with Gasteiger partial charge in [-0.1, -0.05) is 86.1 Å². The molecule has 0 bridgehead atoms. The Hall–Kier alpha value is -8.26. The van der Waals surface area contributed by atoms with Gasteiger partial charge in [-0.05, 0) is 226 Å². The summed E-state index contributed by atoms with van der Waals surface area (Å²) in [5, 5.41) is 28.2. The standard InChI is InChI=1S/C17H23N3O3.C13H15N3O3.2C10H12BrN3O.C10H13N3O.C7H8Br2N2.C6H5Br2N.C6H6BrN.7CH4.ClH/c1-17(2,3)23-15(22)6-5-12-9-13-11-20(4)14(21)7-8-18-16(13)19-10-12;1-16-8-10-6-9(2-3-12(18)19)7-15-13(10)14-5-4-11(16)17;1-14-6-7-4-8(11)5-13-10(7)12-3-2-9(14)15;1-12-5-7-4-8(11)6-13-10(7)14-3-2-9(14)15;1-13-7-8-3-2-5-11-10(8)12-6-4-9(13)14;1-10-3-5-2-6(8)4-11-7(5)9;7-4-5-2-1-3-9-6(5)8;1-5-3-2-4-8-6(5)7;;;;;;;;/h5-6,9-10H,7-8,11H2,1-4H3,(H,18,19);2-3,6-7H,4-5,8H2,1H3,(H,14,15)(H,18,19);4-5H,2-3,6H2,1H3,(H,12,13);4,6,12H,2-3,5H2,1H3;2-3,5H,4,6-7H2,1H3,(H,11,12);2,4,10H,3H2,1H3;1-3H,4H2;2-4H,1H3;7*1H4;1H/b6-5+;3-2+;;;;;;;;;;;;;;. The smallest absolute Gasteiger partial charge is 0.331 e. The summed E-state index contributed by atoms with van der Waals surface area (Å²) in [4.78, 5) is 122. The highest BCUT2D eigenvalue weighted by Crippen LogP contribution is 2.28. The van der Waals surface area contributed by atoms with E-state index in [1.165, 1.54) is 23.3 Å². The average molecular weight is 2160 g/mol. The number of esters is 1. The van der Waals surface area contributed by atoms with Crippen LogP contribution in [-0.2, 0) is 82.9 Å². The number of aryl methyl sites for hydroxylation is 1. The van der Waals surface area contributed by atoms with Crippen molar-refractivity contribution in [2.45, 2.75) is 162 Å². The van der Waals surface area contributed by atoms with Crippen molar-refractivity contribution in [1.82, 2.24) is 70.1 Å². The monoisotopic (exact) mass is 2150 g/mol. The van der Waals surface area contributed by atoms with Gasteiger partial charge in [-0.2, -0.15) is 0 Å². The molecule has 0 atom stereocenters. The van der Waals surface area contributed by atoms with Crippen molar-refractivity contribution < 1.29 is 43.4 Å². The summed E-state index contributed by atoms with van der Waals surface area (Å²) in [6.45, 7) is 14.4. The van der Waals surface area contributed by atoms with Crippen LogP contribution in [0.4, 0.5) is 29.1 Å². The number of aliphatic carboxylic acids is 1. The second kappa shape index (κ2) is 61.1. The van der Waals surface area contributed by atoms with Crippen LogP contribution in [0.15, 0.2) is 156 Å². The van der Waals surface area contributed by atoms with Gasteiger partial charge in [0.25, 0.3) is 0 Å². The van der Waals surface area contributed by atoms with E-state index in [-0.39, 0.29) is 93.9 Å². The average Bonchev–Trinajstić information content (AvgIpc) is 0.801.